The van der Waals surface area contributed by atoms with Crippen molar-refractivity contribution in [2.45, 2.75) is 18.5 Å². The number of fused-ring (bicyclic) bond motifs is 6. The van der Waals surface area contributed by atoms with Crippen molar-refractivity contribution in [3.63, 3.8) is 0 Å². The van der Waals surface area contributed by atoms with Crippen LogP contribution in [0.3, 0.4) is 0 Å². The highest BCUT2D eigenvalue weighted by atomic mass is 35.5. The predicted octanol–water partition coefficient (Wildman–Crippen LogP) is 3.75. The highest BCUT2D eigenvalue weighted by Gasteiger charge is 2.48. The fraction of sp³-hybridized carbons (Fsp3) is 0.222. The Balaban J connectivity index is 1.72. The van der Waals surface area contributed by atoms with Gasteiger partial charge < -0.3 is 4.57 Å². The molecule has 3 aliphatic heterocycles. The molecule has 1 aromatic heterocycles. The average molecular weight is 372 g/mol. The molecule has 8 heteroatoms. The summed E-state index contributed by atoms with van der Waals surface area (Å²) in [6.07, 6.45) is 0.631. The van der Waals surface area contributed by atoms with Crippen LogP contribution in [0.4, 0.5) is 8.78 Å². The third kappa shape index (κ3) is 1.67. The summed E-state index contributed by atoms with van der Waals surface area (Å²) in [5, 5.41) is 1.88. The lowest BCUT2D eigenvalue weighted by atomic mass is 9.98. The number of halogens is 3. The molecule has 3 aliphatic rings. The van der Waals surface area contributed by atoms with Crippen LogP contribution in [0.5, 0.6) is 0 Å². The Kier molecular flexibility index (Phi) is 2.71. The molecule has 26 heavy (non-hydrogen) atoms. The minimum absolute atomic E-state index is 0.180. The normalized spacial score (nSPS) is 23.7. The number of hydrogen-bond donors (Lipinski definition) is 0. The molecule has 0 radical (unpaired) electrons. The smallest absolute Gasteiger partial charge is 0.149 e. The Morgan fingerprint density at radius 3 is 2.88 bits per heavy atom. The molecule has 6 rings (SSSR count). The van der Waals surface area contributed by atoms with Gasteiger partial charge in [-0.3, -0.25) is 5.01 Å². The van der Waals surface area contributed by atoms with Crippen molar-refractivity contribution in [1.29, 1.82) is 0 Å². The molecule has 0 fully saturated rings. The topological polar surface area (TPSA) is 36.7 Å². The number of amidine groups is 1. The average Bonchev–Trinajstić information content (AvgIpc) is 3.23. The minimum Gasteiger partial charge on any atom is -0.318 e. The number of imidazole rings is 1. The summed E-state index contributed by atoms with van der Waals surface area (Å²) in [5.74, 6) is 0.795. The first kappa shape index (κ1) is 14.6. The Hall–Kier alpha value is -2.51. The van der Waals surface area contributed by atoms with Crippen LogP contribution in [-0.4, -0.2) is 31.6 Å². The van der Waals surface area contributed by atoms with E-state index in [1.165, 1.54) is 22.7 Å². The maximum Gasteiger partial charge on any atom is 0.149 e. The summed E-state index contributed by atoms with van der Waals surface area (Å²) >= 11 is 6.40. The highest BCUT2D eigenvalue weighted by Crippen LogP contribution is 2.50. The van der Waals surface area contributed by atoms with E-state index in [9.17, 15) is 8.78 Å². The molecule has 0 saturated carbocycles. The molecule has 4 heterocycles. The van der Waals surface area contributed by atoms with E-state index < -0.39 is 0 Å². The second kappa shape index (κ2) is 4.81. The van der Waals surface area contributed by atoms with E-state index in [0.717, 1.165) is 16.9 Å². The molecule has 0 N–H and O–H groups in total. The molecular weight excluding hydrogens is 360 g/mol. The van der Waals surface area contributed by atoms with Crippen LogP contribution in [-0.2, 0) is 0 Å². The zero-order valence-electron chi connectivity index (χ0n) is 13.4. The first-order chi connectivity index (χ1) is 12.6. The van der Waals surface area contributed by atoms with Gasteiger partial charge in [-0.2, -0.15) is 0 Å². The van der Waals surface area contributed by atoms with E-state index in [1.54, 1.807) is 12.1 Å². The van der Waals surface area contributed by atoms with E-state index in [0.29, 0.717) is 30.0 Å². The largest absolute Gasteiger partial charge is 0.318 e. The van der Waals surface area contributed by atoms with E-state index in [4.69, 9.17) is 11.8 Å². The lowest BCUT2D eigenvalue weighted by molar-refractivity contribution is 0.124. The van der Waals surface area contributed by atoms with E-state index in [2.05, 4.69) is 9.98 Å². The lowest BCUT2D eigenvalue weighted by Gasteiger charge is -2.29. The SMILES string of the molecule is Fc1ccc2c(c1)nc1n2[C@@H]2C[C@H]1N1C(=NCN1Cl)c1cccc(F)c12. The van der Waals surface area contributed by atoms with Crippen molar-refractivity contribution >= 4 is 28.6 Å². The molecule has 0 spiro atoms. The van der Waals surface area contributed by atoms with Crippen LogP contribution in [0, 0.1) is 11.6 Å². The number of nitrogens with zero attached hydrogens (tertiary/aromatic N) is 5. The second-order valence-electron chi connectivity index (χ2n) is 6.75. The number of aliphatic imine (C=N–C) groups is 1. The molecule has 130 valence electrons. The fourth-order valence-corrected chi connectivity index (χ4v) is 4.71. The molecule has 2 bridgehead atoms. The summed E-state index contributed by atoms with van der Waals surface area (Å²) < 4.78 is 32.1. The van der Waals surface area contributed by atoms with E-state index in [1.807, 2.05) is 15.6 Å². The lowest BCUT2D eigenvalue weighted by Crippen LogP contribution is -2.38. The first-order valence-electron chi connectivity index (χ1n) is 8.36. The monoisotopic (exact) mass is 371 g/mol. The molecular formula is C18H12ClF2N5. The van der Waals surface area contributed by atoms with Gasteiger partial charge in [-0.05, 0) is 18.2 Å². The van der Waals surface area contributed by atoms with Crippen molar-refractivity contribution in [3.05, 3.63) is 65.0 Å². The van der Waals surface area contributed by atoms with E-state index >= 15 is 0 Å². The Morgan fingerprint density at radius 1 is 1.12 bits per heavy atom. The molecule has 2 atom stereocenters. The number of benzene rings is 2. The third-order valence-corrected chi connectivity index (χ3v) is 5.72. The molecule has 0 aliphatic carbocycles. The summed E-state index contributed by atoms with van der Waals surface area (Å²) in [7, 11) is 0. The van der Waals surface area contributed by atoms with Crippen LogP contribution in [0.2, 0.25) is 0 Å². The zero-order chi connectivity index (χ0) is 17.6. The van der Waals surface area contributed by atoms with Crippen molar-refractivity contribution < 1.29 is 8.78 Å². The van der Waals surface area contributed by atoms with Gasteiger partial charge in [-0.15, -0.1) is 4.53 Å². The Bertz CT molecular complexity index is 1120. The molecule has 2 aromatic carbocycles. The van der Waals surface area contributed by atoms with Crippen LogP contribution < -0.4 is 0 Å². The van der Waals surface area contributed by atoms with Gasteiger partial charge >= 0.3 is 0 Å². The van der Waals surface area contributed by atoms with Crippen LogP contribution in [0.1, 0.15) is 35.5 Å². The molecule has 0 unspecified atom stereocenters. The number of aromatic nitrogens is 2. The van der Waals surface area contributed by atoms with Crippen LogP contribution in [0.25, 0.3) is 11.0 Å². The molecule has 0 saturated heterocycles. The highest BCUT2D eigenvalue weighted by molar-refractivity contribution is 6.16. The molecule has 3 aromatic rings. The first-order valence-corrected chi connectivity index (χ1v) is 8.70. The maximum absolute atomic E-state index is 14.9. The minimum atomic E-state index is -0.341. The van der Waals surface area contributed by atoms with E-state index in [-0.39, 0.29) is 23.7 Å². The van der Waals surface area contributed by atoms with Gasteiger partial charge in [-0.1, -0.05) is 12.1 Å². The van der Waals surface area contributed by atoms with Crippen molar-refractivity contribution in [3.8, 4) is 0 Å². The van der Waals surface area contributed by atoms with Gasteiger partial charge in [0.05, 0.1) is 17.1 Å². The zero-order valence-corrected chi connectivity index (χ0v) is 14.2. The second-order valence-corrected chi connectivity index (χ2v) is 7.14. The van der Waals surface area contributed by atoms with Gasteiger partial charge in [0.1, 0.15) is 36.0 Å². The van der Waals surface area contributed by atoms with Crippen molar-refractivity contribution in [2.24, 2.45) is 4.99 Å². The fourth-order valence-electron chi connectivity index (χ4n) is 4.48. The third-order valence-electron chi connectivity index (χ3n) is 5.45. The molecule has 0 amide bonds. The Morgan fingerprint density at radius 2 is 2.00 bits per heavy atom. The van der Waals surface area contributed by atoms with Gasteiger partial charge in [0.15, 0.2) is 0 Å². The number of rotatable bonds is 0. The number of hydrogen-bond acceptors (Lipinski definition) is 4. The van der Waals surface area contributed by atoms with Crippen LogP contribution >= 0.6 is 11.8 Å². The maximum atomic E-state index is 14.9. The standard InChI is InChI=1S/C18H12ClF2N5/c19-24-8-22-17-10-2-1-3-11(21)16(10)14-7-15(26(17)24)18-23-12-6-9(20)4-5-13(12)25(14)18/h1-6,14-15H,7-8H2/t14-,15-/m1/s1. The molecule has 5 nitrogen and oxygen atoms in total. The Labute approximate surface area is 152 Å². The van der Waals surface area contributed by atoms with Crippen LogP contribution in [0.15, 0.2) is 41.4 Å². The quantitative estimate of drug-likeness (QED) is 0.565. The summed E-state index contributed by atoms with van der Waals surface area (Å²) in [5.41, 5.74) is 2.69. The van der Waals surface area contributed by atoms with Gasteiger partial charge in [0.2, 0.25) is 0 Å². The van der Waals surface area contributed by atoms with Gasteiger partial charge in [-0.25, -0.2) is 18.8 Å². The van der Waals surface area contributed by atoms with Gasteiger partial charge in [0.25, 0.3) is 0 Å². The predicted molar refractivity (Wildman–Crippen MR) is 92.5 cm³/mol. The van der Waals surface area contributed by atoms with Crippen molar-refractivity contribution in [1.82, 2.24) is 19.1 Å². The summed E-state index contributed by atoms with van der Waals surface area (Å²) in [6, 6.07) is 9.14. The van der Waals surface area contributed by atoms with Gasteiger partial charge in [0, 0.05) is 35.4 Å². The summed E-state index contributed by atoms with van der Waals surface area (Å²) in [6.45, 7) is 0.295. The number of hydrazine groups is 1. The summed E-state index contributed by atoms with van der Waals surface area (Å²) in [4.78, 5) is 9.17. The van der Waals surface area contributed by atoms with Crippen molar-refractivity contribution in [2.75, 3.05) is 6.67 Å².